The van der Waals surface area contributed by atoms with Gasteiger partial charge in [0.05, 0.1) is 24.9 Å². The van der Waals surface area contributed by atoms with E-state index >= 15 is 0 Å². The first-order chi connectivity index (χ1) is 16.9. The van der Waals surface area contributed by atoms with E-state index in [4.69, 9.17) is 14.5 Å². The molecule has 188 valence electrons. The SMILES string of the molecule is CC(C)(C)OC(=O)N1Cc2cccc(N3CCOCC3)c2C[C@@H]1CN[C@H]1CCCc2cccnc21. The van der Waals surface area contributed by atoms with E-state index < -0.39 is 5.60 Å². The topological polar surface area (TPSA) is 66.9 Å². The number of aromatic nitrogens is 1. The predicted molar refractivity (Wildman–Crippen MR) is 137 cm³/mol. The number of carbonyl (C=O) groups is 1. The van der Waals surface area contributed by atoms with E-state index in [1.807, 2.05) is 37.9 Å². The highest BCUT2D eigenvalue weighted by atomic mass is 16.6. The van der Waals surface area contributed by atoms with Crippen molar-refractivity contribution in [1.29, 1.82) is 0 Å². The maximum atomic E-state index is 13.3. The van der Waals surface area contributed by atoms with Crippen LogP contribution in [0.1, 0.15) is 62.0 Å². The van der Waals surface area contributed by atoms with Crippen LogP contribution in [0.4, 0.5) is 10.5 Å². The molecule has 0 spiro atoms. The zero-order chi connectivity index (χ0) is 24.4. The standard InChI is InChI=1S/C28H38N4O3/c1-28(2,3)35-27(33)32-19-21-8-5-11-25(31-13-15-34-16-14-31)23(21)17-22(32)18-30-24-10-4-7-20-9-6-12-29-26(20)24/h5-6,8-9,11-12,22,24,30H,4,7,10,13-19H2,1-3H3/t22-,24+/m1/s1. The van der Waals surface area contributed by atoms with Gasteiger partial charge in [0, 0.05) is 44.1 Å². The molecule has 3 heterocycles. The van der Waals surface area contributed by atoms with Crippen LogP contribution in [0.2, 0.25) is 0 Å². The van der Waals surface area contributed by atoms with Crippen LogP contribution in [0.15, 0.2) is 36.5 Å². The number of fused-ring (bicyclic) bond motifs is 2. The van der Waals surface area contributed by atoms with Gasteiger partial charge in [-0.05, 0) is 75.3 Å². The summed E-state index contributed by atoms with van der Waals surface area (Å²) in [7, 11) is 0. The van der Waals surface area contributed by atoms with E-state index in [2.05, 4.69) is 34.5 Å². The predicted octanol–water partition coefficient (Wildman–Crippen LogP) is 4.25. The lowest BCUT2D eigenvalue weighted by Gasteiger charge is -2.41. The summed E-state index contributed by atoms with van der Waals surface area (Å²) in [5.41, 5.74) is 5.81. The van der Waals surface area contributed by atoms with Crippen LogP contribution in [0, 0.1) is 0 Å². The number of nitrogens with zero attached hydrogens (tertiary/aromatic N) is 3. The molecule has 1 aliphatic carbocycles. The molecule has 2 atom stereocenters. The van der Waals surface area contributed by atoms with Crippen LogP contribution in [-0.4, -0.2) is 60.5 Å². The van der Waals surface area contributed by atoms with Crippen LogP contribution in [0.3, 0.4) is 0 Å². The summed E-state index contributed by atoms with van der Waals surface area (Å²) in [6.07, 6.45) is 5.76. The van der Waals surface area contributed by atoms with Crippen molar-refractivity contribution in [1.82, 2.24) is 15.2 Å². The Morgan fingerprint density at radius 3 is 2.77 bits per heavy atom. The second-order valence-electron chi connectivity index (χ2n) is 10.9. The number of benzene rings is 1. The van der Waals surface area contributed by atoms with Gasteiger partial charge in [0.1, 0.15) is 5.60 Å². The second-order valence-corrected chi connectivity index (χ2v) is 10.9. The van der Waals surface area contributed by atoms with Crippen molar-refractivity contribution >= 4 is 11.8 Å². The lowest BCUT2D eigenvalue weighted by molar-refractivity contribution is 0.0116. The number of aryl methyl sites for hydroxylation is 1. The first-order valence-electron chi connectivity index (χ1n) is 13.0. The number of morpholine rings is 1. The molecule has 5 rings (SSSR count). The first-order valence-corrected chi connectivity index (χ1v) is 13.0. The third-order valence-corrected chi connectivity index (χ3v) is 7.24. The number of ether oxygens (including phenoxy) is 2. The minimum absolute atomic E-state index is 0.00799. The monoisotopic (exact) mass is 478 g/mol. The summed E-state index contributed by atoms with van der Waals surface area (Å²) >= 11 is 0. The molecule has 1 amide bonds. The van der Waals surface area contributed by atoms with Crippen molar-refractivity contribution in [3.63, 3.8) is 0 Å². The molecule has 2 aromatic rings. The number of nitrogens with one attached hydrogen (secondary N) is 1. The van der Waals surface area contributed by atoms with Gasteiger partial charge in [0.2, 0.25) is 0 Å². The molecular formula is C28H38N4O3. The van der Waals surface area contributed by atoms with E-state index in [0.29, 0.717) is 13.1 Å². The molecule has 7 nitrogen and oxygen atoms in total. The molecule has 1 fully saturated rings. The summed E-state index contributed by atoms with van der Waals surface area (Å²) in [5, 5.41) is 3.78. The minimum atomic E-state index is -0.531. The van der Waals surface area contributed by atoms with Gasteiger partial charge in [-0.2, -0.15) is 0 Å². The number of amides is 1. The summed E-state index contributed by atoms with van der Waals surface area (Å²) in [6, 6.07) is 10.9. The van der Waals surface area contributed by atoms with Gasteiger partial charge in [-0.15, -0.1) is 0 Å². The normalized spacial score (nSPS) is 22.4. The minimum Gasteiger partial charge on any atom is -0.444 e. The Morgan fingerprint density at radius 2 is 1.97 bits per heavy atom. The van der Waals surface area contributed by atoms with Gasteiger partial charge in [-0.3, -0.25) is 9.88 Å². The van der Waals surface area contributed by atoms with Gasteiger partial charge in [0.25, 0.3) is 0 Å². The van der Waals surface area contributed by atoms with Crippen molar-refractivity contribution in [2.24, 2.45) is 0 Å². The Balaban J connectivity index is 1.40. The molecule has 0 unspecified atom stereocenters. The van der Waals surface area contributed by atoms with Crippen LogP contribution >= 0.6 is 0 Å². The molecule has 7 heteroatoms. The zero-order valence-corrected chi connectivity index (χ0v) is 21.3. The van der Waals surface area contributed by atoms with E-state index in [-0.39, 0.29) is 18.2 Å². The molecule has 1 saturated heterocycles. The highest BCUT2D eigenvalue weighted by molar-refractivity contribution is 5.70. The van der Waals surface area contributed by atoms with Crippen LogP contribution < -0.4 is 10.2 Å². The highest BCUT2D eigenvalue weighted by Crippen LogP contribution is 2.34. The Hall–Kier alpha value is -2.64. The molecule has 1 N–H and O–H groups in total. The zero-order valence-electron chi connectivity index (χ0n) is 21.3. The molecule has 0 bridgehead atoms. The number of pyridine rings is 1. The lowest BCUT2D eigenvalue weighted by Crippen LogP contribution is -2.51. The van der Waals surface area contributed by atoms with E-state index in [9.17, 15) is 4.79 Å². The third-order valence-electron chi connectivity index (χ3n) is 7.24. The largest absolute Gasteiger partial charge is 0.444 e. The molecule has 3 aliphatic rings. The van der Waals surface area contributed by atoms with E-state index in [0.717, 1.165) is 57.7 Å². The number of hydrogen-bond donors (Lipinski definition) is 1. The number of anilines is 1. The Labute approximate surface area is 208 Å². The van der Waals surface area contributed by atoms with Gasteiger partial charge in [-0.25, -0.2) is 4.79 Å². The summed E-state index contributed by atoms with van der Waals surface area (Å²) in [6.45, 7) is 10.4. The summed E-state index contributed by atoms with van der Waals surface area (Å²) in [4.78, 5) is 22.3. The van der Waals surface area contributed by atoms with Crippen LogP contribution in [0.25, 0.3) is 0 Å². The fraction of sp³-hybridized carbons (Fsp3) is 0.571. The smallest absolute Gasteiger partial charge is 0.410 e. The van der Waals surface area contributed by atoms with Crippen molar-refractivity contribution < 1.29 is 14.3 Å². The highest BCUT2D eigenvalue weighted by Gasteiger charge is 2.35. The maximum Gasteiger partial charge on any atom is 0.410 e. The van der Waals surface area contributed by atoms with Gasteiger partial charge in [0.15, 0.2) is 0 Å². The maximum absolute atomic E-state index is 13.3. The van der Waals surface area contributed by atoms with Gasteiger partial charge < -0.3 is 19.7 Å². The third kappa shape index (κ3) is 5.46. The van der Waals surface area contributed by atoms with Crippen molar-refractivity contribution in [3.05, 3.63) is 58.9 Å². The molecule has 1 aromatic carbocycles. The number of rotatable bonds is 4. The average Bonchev–Trinajstić information content (AvgIpc) is 2.86. The number of hydrogen-bond acceptors (Lipinski definition) is 6. The molecule has 0 radical (unpaired) electrons. The Morgan fingerprint density at radius 1 is 1.17 bits per heavy atom. The number of carbonyl (C=O) groups excluding carboxylic acids is 1. The quantitative estimate of drug-likeness (QED) is 0.709. The van der Waals surface area contributed by atoms with Crippen LogP contribution in [0.5, 0.6) is 0 Å². The summed E-state index contributed by atoms with van der Waals surface area (Å²) < 4.78 is 11.4. The van der Waals surface area contributed by atoms with Crippen molar-refractivity contribution in [2.75, 3.05) is 37.7 Å². The fourth-order valence-corrected chi connectivity index (χ4v) is 5.57. The lowest BCUT2D eigenvalue weighted by atomic mass is 9.90. The first kappa shape index (κ1) is 24.1. The molecule has 2 aliphatic heterocycles. The van der Waals surface area contributed by atoms with E-state index in [1.165, 1.54) is 22.4 Å². The fourth-order valence-electron chi connectivity index (χ4n) is 5.57. The average molecular weight is 479 g/mol. The Kier molecular flexibility index (Phi) is 6.98. The molecule has 0 saturated carbocycles. The molecule has 1 aromatic heterocycles. The Bertz CT molecular complexity index is 1040. The van der Waals surface area contributed by atoms with Crippen molar-refractivity contribution in [3.8, 4) is 0 Å². The van der Waals surface area contributed by atoms with Gasteiger partial charge >= 0.3 is 6.09 Å². The van der Waals surface area contributed by atoms with Crippen molar-refractivity contribution in [2.45, 2.75) is 70.7 Å². The molecule has 35 heavy (non-hydrogen) atoms. The molecular weight excluding hydrogens is 440 g/mol. The second kappa shape index (κ2) is 10.2. The van der Waals surface area contributed by atoms with E-state index in [1.54, 1.807) is 0 Å². The summed E-state index contributed by atoms with van der Waals surface area (Å²) in [5.74, 6) is 0. The van der Waals surface area contributed by atoms with Crippen LogP contribution in [-0.2, 0) is 28.9 Å². The van der Waals surface area contributed by atoms with Gasteiger partial charge in [-0.1, -0.05) is 18.2 Å².